The highest BCUT2D eigenvalue weighted by molar-refractivity contribution is 9.10. The minimum absolute atomic E-state index is 0.253. The van der Waals surface area contributed by atoms with E-state index < -0.39 is 11.9 Å². The molecule has 9 heteroatoms. The number of para-hydroxylation sites is 1. The van der Waals surface area contributed by atoms with Crippen LogP contribution in [-0.2, 0) is 0 Å². The first-order valence-electron chi connectivity index (χ1n) is 11.8. The number of aromatic amines is 1. The standard InChI is InChI=1S/C30H20BrCl2N3O3/c1-17-6-4-7-18(14-17)30(38)39-25-13-12-20(31)15-19(25)16-34-36-29(37)28-26(21-8-2-3-10-23(21)32)22-9-5-11-24(33)27(22)35-28/h2-16,35H,1H3,(H,36,37). The molecule has 5 rings (SSSR count). The van der Waals surface area contributed by atoms with Crippen LogP contribution in [0.2, 0.25) is 10.0 Å². The van der Waals surface area contributed by atoms with Crippen molar-refractivity contribution in [1.29, 1.82) is 0 Å². The molecule has 2 N–H and O–H groups in total. The van der Waals surface area contributed by atoms with Crippen molar-refractivity contribution in [3.05, 3.63) is 122 Å². The van der Waals surface area contributed by atoms with Crippen molar-refractivity contribution in [3.8, 4) is 16.9 Å². The first-order valence-corrected chi connectivity index (χ1v) is 13.3. The predicted octanol–water partition coefficient (Wildman–Crippen LogP) is 8.20. The van der Waals surface area contributed by atoms with Crippen molar-refractivity contribution in [2.45, 2.75) is 6.92 Å². The van der Waals surface area contributed by atoms with E-state index in [1.54, 1.807) is 48.5 Å². The Hall–Kier alpha value is -3.91. The quantitative estimate of drug-likeness (QED) is 0.0868. The molecule has 0 fully saturated rings. The zero-order chi connectivity index (χ0) is 27.5. The Morgan fingerprint density at radius 3 is 2.51 bits per heavy atom. The summed E-state index contributed by atoms with van der Waals surface area (Å²) in [4.78, 5) is 29.2. The van der Waals surface area contributed by atoms with E-state index >= 15 is 0 Å². The van der Waals surface area contributed by atoms with E-state index in [9.17, 15) is 9.59 Å². The molecule has 0 atom stereocenters. The molecule has 39 heavy (non-hydrogen) atoms. The van der Waals surface area contributed by atoms with Gasteiger partial charge in [-0.3, -0.25) is 4.79 Å². The number of benzene rings is 4. The number of carbonyl (C=O) groups is 2. The molecular formula is C30H20BrCl2N3O3. The third-order valence-electron chi connectivity index (χ3n) is 5.95. The summed E-state index contributed by atoms with van der Waals surface area (Å²) in [5, 5.41) is 5.85. The van der Waals surface area contributed by atoms with Crippen LogP contribution in [0.25, 0.3) is 22.0 Å². The topological polar surface area (TPSA) is 83.5 Å². The third-order valence-corrected chi connectivity index (χ3v) is 7.09. The van der Waals surface area contributed by atoms with Gasteiger partial charge in [-0.1, -0.05) is 87.2 Å². The predicted molar refractivity (Wildman–Crippen MR) is 159 cm³/mol. The molecule has 0 aliphatic carbocycles. The number of halogens is 3. The van der Waals surface area contributed by atoms with Crippen LogP contribution in [0.5, 0.6) is 5.75 Å². The maximum absolute atomic E-state index is 13.3. The van der Waals surface area contributed by atoms with Crippen LogP contribution in [0, 0.1) is 6.92 Å². The molecule has 5 aromatic rings. The fraction of sp³-hybridized carbons (Fsp3) is 0.0333. The van der Waals surface area contributed by atoms with Gasteiger partial charge in [-0.15, -0.1) is 0 Å². The van der Waals surface area contributed by atoms with Gasteiger partial charge in [0.2, 0.25) is 0 Å². The van der Waals surface area contributed by atoms with Crippen LogP contribution < -0.4 is 10.2 Å². The number of ether oxygens (including phenoxy) is 1. The Morgan fingerprint density at radius 2 is 1.72 bits per heavy atom. The second-order valence-corrected chi connectivity index (χ2v) is 10.4. The summed E-state index contributed by atoms with van der Waals surface area (Å²) in [6.07, 6.45) is 1.41. The van der Waals surface area contributed by atoms with Crippen molar-refractivity contribution in [1.82, 2.24) is 10.4 Å². The lowest BCUT2D eigenvalue weighted by atomic mass is 10.0. The first-order chi connectivity index (χ1) is 18.8. The maximum atomic E-state index is 13.3. The fourth-order valence-electron chi connectivity index (χ4n) is 4.16. The zero-order valence-corrected chi connectivity index (χ0v) is 23.6. The van der Waals surface area contributed by atoms with Gasteiger partial charge in [-0.2, -0.15) is 5.10 Å². The SMILES string of the molecule is Cc1cccc(C(=O)Oc2ccc(Br)cc2C=NNC(=O)c2[nH]c3c(Cl)cccc3c2-c2ccccc2Cl)c1. The molecule has 0 saturated carbocycles. The molecule has 1 aromatic heterocycles. The summed E-state index contributed by atoms with van der Waals surface area (Å²) in [6.45, 7) is 1.90. The van der Waals surface area contributed by atoms with E-state index in [1.807, 2.05) is 43.3 Å². The van der Waals surface area contributed by atoms with Crippen molar-refractivity contribution in [2.75, 3.05) is 0 Å². The average Bonchev–Trinajstić information content (AvgIpc) is 3.31. The number of amides is 1. The van der Waals surface area contributed by atoms with E-state index in [0.717, 1.165) is 15.4 Å². The van der Waals surface area contributed by atoms with Crippen LogP contribution in [0.4, 0.5) is 0 Å². The average molecular weight is 621 g/mol. The number of hydrogen-bond acceptors (Lipinski definition) is 4. The lowest BCUT2D eigenvalue weighted by Crippen LogP contribution is -2.19. The number of H-pyrrole nitrogens is 1. The summed E-state index contributed by atoms with van der Waals surface area (Å²) in [7, 11) is 0. The van der Waals surface area contributed by atoms with Crippen LogP contribution in [-0.4, -0.2) is 23.1 Å². The number of nitrogens with zero attached hydrogens (tertiary/aromatic N) is 1. The molecule has 6 nitrogen and oxygen atoms in total. The molecule has 4 aromatic carbocycles. The summed E-state index contributed by atoms with van der Waals surface area (Å²) in [5.74, 6) is -0.711. The second-order valence-electron chi connectivity index (χ2n) is 8.66. The minimum Gasteiger partial charge on any atom is -0.422 e. The number of carbonyl (C=O) groups excluding carboxylic acids is 2. The monoisotopic (exact) mass is 619 g/mol. The van der Waals surface area contributed by atoms with E-state index in [1.165, 1.54) is 6.21 Å². The van der Waals surface area contributed by atoms with Crippen molar-refractivity contribution in [3.63, 3.8) is 0 Å². The van der Waals surface area contributed by atoms with Gasteiger partial charge in [0.1, 0.15) is 11.4 Å². The highest BCUT2D eigenvalue weighted by atomic mass is 79.9. The van der Waals surface area contributed by atoms with Crippen LogP contribution in [0.3, 0.4) is 0 Å². The van der Waals surface area contributed by atoms with Gasteiger partial charge in [0.25, 0.3) is 5.91 Å². The highest BCUT2D eigenvalue weighted by Crippen LogP contribution is 2.38. The summed E-state index contributed by atoms with van der Waals surface area (Å²) < 4.78 is 6.37. The van der Waals surface area contributed by atoms with Gasteiger partial charge in [0.05, 0.1) is 22.3 Å². The molecule has 0 aliphatic rings. The Labute approximate surface area is 242 Å². The van der Waals surface area contributed by atoms with Gasteiger partial charge < -0.3 is 9.72 Å². The Balaban J connectivity index is 1.44. The fourth-order valence-corrected chi connectivity index (χ4v) is 4.99. The minimum atomic E-state index is -0.501. The third kappa shape index (κ3) is 5.76. The zero-order valence-electron chi connectivity index (χ0n) is 20.5. The van der Waals surface area contributed by atoms with E-state index in [0.29, 0.717) is 37.8 Å². The lowest BCUT2D eigenvalue weighted by Gasteiger charge is -2.09. The first kappa shape index (κ1) is 26.7. The molecular weight excluding hydrogens is 601 g/mol. The molecule has 194 valence electrons. The number of esters is 1. The Kier molecular flexibility index (Phi) is 7.84. The summed E-state index contributed by atoms with van der Waals surface area (Å²) in [6, 6.07) is 24.9. The number of fused-ring (bicyclic) bond motifs is 1. The van der Waals surface area contributed by atoms with E-state index in [-0.39, 0.29) is 11.4 Å². The normalized spacial score (nSPS) is 11.2. The number of hydrazone groups is 1. The van der Waals surface area contributed by atoms with Crippen molar-refractivity contribution >= 4 is 68.1 Å². The molecule has 0 bridgehead atoms. The Morgan fingerprint density at radius 1 is 0.949 bits per heavy atom. The van der Waals surface area contributed by atoms with Gasteiger partial charge in [-0.05, 0) is 49.4 Å². The molecule has 0 spiro atoms. The number of rotatable bonds is 6. The van der Waals surface area contributed by atoms with Gasteiger partial charge in [-0.25, -0.2) is 10.2 Å². The molecule has 0 aliphatic heterocycles. The number of aromatic nitrogens is 1. The van der Waals surface area contributed by atoms with Gasteiger partial charge in [0, 0.05) is 31.6 Å². The molecule has 1 heterocycles. The van der Waals surface area contributed by atoms with E-state index in [2.05, 4.69) is 31.4 Å². The van der Waals surface area contributed by atoms with Crippen LogP contribution in [0.1, 0.15) is 32.0 Å². The number of nitrogens with one attached hydrogen (secondary N) is 2. The van der Waals surface area contributed by atoms with Crippen LogP contribution >= 0.6 is 39.1 Å². The Bertz CT molecular complexity index is 1760. The van der Waals surface area contributed by atoms with Crippen molar-refractivity contribution in [2.24, 2.45) is 5.10 Å². The van der Waals surface area contributed by atoms with E-state index in [4.69, 9.17) is 27.9 Å². The maximum Gasteiger partial charge on any atom is 0.343 e. The smallest absolute Gasteiger partial charge is 0.343 e. The molecule has 1 amide bonds. The lowest BCUT2D eigenvalue weighted by molar-refractivity contribution is 0.0734. The summed E-state index contributed by atoms with van der Waals surface area (Å²) >= 11 is 16.3. The molecule has 0 radical (unpaired) electrons. The molecule has 0 saturated heterocycles. The van der Waals surface area contributed by atoms with Gasteiger partial charge in [0.15, 0.2) is 0 Å². The summed E-state index contributed by atoms with van der Waals surface area (Å²) in [5.41, 5.74) is 6.57. The largest absolute Gasteiger partial charge is 0.422 e. The molecule has 0 unspecified atom stereocenters. The van der Waals surface area contributed by atoms with Gasteiger partial charge >= 0.3 is 5.97 Å². The number of hydrogen-bond donors (Lipinski definition) is 2. The highest BCUT2D eigenvalue weighted by Gasteiger charge is 2.22. The second kappa shape index (κ2) is 11.5. The number of aryl methyl sites for hydroxylation is 1. The van der Waals surface area contributed by atoms with Crippen LogP contribution in [0.15, 0.2) is 94.5 Å². The van der Waals surface area contributed by atoms with Crippen molar-refractivity contribution < 1.29 is 14.3 Å².